The van der Waals surface area contributed by atoms with Gasteiger partial charge in [0.1, 0.15) is 6.17 Å². The van der Waals surface area contributed by atoms with Gasteiger partial charge in [0.25, 0.3) is 0 Å². The molecule has 178 valence electrons. The van der Waals surface area contributed by atoms with Crippen LogP contribution in [0.3, 0.4) is 0 Å². The summed E-state index contributed by atoms with van der Waals surface area (Å²) in [5, 5.41) is 12.1. The third-order valence-electron chi connectivity index (χ3n) is 6.97. The fourth-order valence-corrected chi connectivity index (χ4v) is 5.81. The molecular formula is C26H43N5S. The first-order chi connectivity index (χ1) is 15.4. The molecule has 1 aliphatic rings. The van der Waals surface area contributed by atoms with E-state index in [9.17, 15) is 5.26 Å². The van der Waals surface area contributed by atoms with Gasteiger partial charge in [-0.3, -0.25) is 14.8 Å². The molecule has 0 radical (unpaired) electrons. The maximum absolute atomic E-state index is 10.0. The monoisotopic (exact) mass is 457 g/mol. The second-order valence-corrected chi connectivity index (χ2v) is 10.5. The second kappa shape index (κ2) is 13.3. The summed E-state index contributed by atoms with van der Waals surface area (Å²) in [6.45, 7) is 24.1. The molecule has 6 heteroatoms. The van der Waals surface area contributed by atoms with Crippen LogP contribution in [0.25, 0.3) is 0 Å². The van der Waals surface area contributed by atoms with E-state index in [0.29, 0.717) is 12.0 Å². The van der Waals surface area contributed by atoms with E-state index in [1.165, 1.54) is 4.88 Å². The van der Waals surface area contributed by atoms with Gasteiger partial charge in [0, 0.05) is 56.6 Å². The van der Waals surface area contributed by atoms with Crippen LogP contribution < -0.4 is 0 Å². The van der Waals surface area contributed by atoms with Crippen LogP contribution in [0, 0.1) is 17.2 Å². The maximum Gasteiger partial charge on any atom is 0.105 e. The lowest BCUT2D eigenvalue weighted by atomic mass is 9.73. The Hall–Kier alpha value is -1.52. The summed E-state index contributed by atoms with van der Waals surface area (Å²) < 4.78 is 0. The van der Waals surface area contributed by atoms with Crippen LogP contribution in [0.2, 0.25) is 0 Å². The quantitative estimate of drug-likeness (QED) is 0.295. The zero-order valence-corrected chi connectivity index (χ0v) is 21.5. The number of piperazine rings is 1. The lowest BCUT2D eigenvalue weighted by Crippen LogP contribution is -2.50. The lowest BCUT2D eigenvalue weighted by Gasteiger charge is -2.38. The minimum atomic E-state index is -0.350. The molecule has 1 aliphatic heterocycles. The Balaban J connectivity index is 1.79. The van der Waals surface area contributed by atoms with E-state index in [2.05, 4.69) is 84.3 Å². The van der Waals surface area contributed by atoms with Gasteiger partial charge in [0.2, 0.25) is 0 Å². The van der Waals surface area contributed by atoms with Gasteiger partial charge in [0.15, 0.2) is 0 Å². The van der Waals surface area contributed by atoms with Gasteiger partial charge in [-0.15, -0.1) is 17.9 Å². The van der Waals surface area contributed by atoms with Crippen molar-refractivity contribution in [2.45, 2.75) is 64.6 Å². The van der Waals surface area contributed by atoms with Gasteiger partial charge in [0.05, 0.1) is 11.5 Å². The molecule has 2 atom stereocenters. The fraction of sp³-hybridized carbons (Fsp3) is 0.692. The van der Waals surface area contributed by atoms with Crippen molar-refractivity contribution >= 4 is 18.1 Å². The van der Waals surface area contributed by atoms with E-state index in [4.69, 9.17) is 0 Å². The van der Waals surface area contributed by atoms with E-state index >= 15 is 0 Å². The average molecular weight is 458 g/mol. The summed E-state index contributed by atoms with van der Waals surface area (Å²) in [5.41, 5.74) is -0.350. The SMILES string of the molecule is C=CCC(N=C)N(CCN1CCN(CCCC(C#N)(c2cccs2)C(C)C)CC1)C(C)C. The Bertz CT molecular complexity index is 715. The van der Waals surface area contributed by atoms with Crippen LogP contribution in [0.1, 0.15) is 51.8 Å². The summed E-state index contributed by atoms with van der Waals surface area (Å²) in [4.78, 5) is 13.1. The number of hydrogen-bond donors (Lipinski definition) is 0. The van der Waals surface area contributed by atoms with Crippen molar-refractivity contribution in [2.24, 2.45) is 10.9 Å². The number of aliphatic imine (C=N–C) groups is 1. The molecule has 1 fully saturated rings. The molecule has 2 rings (SSSR count). The van der Waals surface area contributed by atoms with Crippen molar-refractivity contribution in [1.82, 2.24) is 14.7 Å². The topological polar surface area (TPSA) is 45.9 Å². The zero-order valence-electron chi connectivity index (χ0n) is 20.7. The van der Waals surface area contributed by atoms with E-state index in [-0.39, 0.29) is 11.6 Å². The molecule has 1 aromatic rings. The average Bonchev–Trinajstić information content (AvgIpc) is 3.32. The van der Waals surface area contributed by atoms with Gasteiger partial charge >= 0.3 is 0 Å². The van der Waals surface area contributed by atoms with E-state index in [0.717, 1.165) is 65.1 Å². The molecule has 1 aromatic heterocycles. The van der Waals surface area contributed by atoms with Crippen LogP contribution in [0.4, 0.5) is 0 Å². The first-order valence-corrected chi connectivity index (χ1v) is 13.0. The molecule has 0 aliphatic carbocycles. The van der Waals surface area contributed by atoms with Crippen molar-refractivity contribution in [3.8, 4) is 6.07 Å². The summed E-state index contributed by atoms with van der Waals surface area (Å²) in [6, 6.07) is 7.33. The molecule has 2 unspecified atom stereocenters. The second-order valence-electron chi connectivity index (χ2n) is 9.52. The van der Waals surface area contributed by atoms with Gasteiger partial charge in [-0.05, 0) is 57.3 Å². The highest BCUT2D eigenvalue weighted by atomic mass is 32.1. The highest BCUT2D eigenvalue weighted by Crippen LogP contribution is 2.39. The molecule has 0 spiro atoms. The largest absolute Gasteiger partial charge is 0.301 e. The van der Waals surface area contributed by atoms with Gasteiger partial charge < -0.3 is 4.90 Å². The zero-order chi connectivity index (χ0) is 23.6. The molecule has 0 bridgehead atoms. The molecule has 2 heterocycles. The minimum absolute atomic E-state index is 0.124. The number of thiophene rings is 1. The van der Waals surface area contributed by atoms with Gasteiger partial charge in [-0.1, -0.05) is 26.0 Å². The van der Waals surface area contributed by atoms with Crippen LogP contribution >= 0.6 is 11.3 Å². The lowest BCUT2D eigenvalue weighted by molar-refractivity contribution is 0.0942. The predicted molar refractivity (Wildman–Crippen MR) is 139 cm³/mol. The minimum Gasteiger partial charge on any atom is -0.301 e. The summed E-state index contributed by atoms with van der Waals surface area (Å²) in [7, 11) is 0. The first-order valence-electron chi connectivity index (χ1n) is 12.1. The molecular weight excluding hydrogens is 414 g/mol. The van der Waals surface area contributed by atoms with Crippen molar-refractivity contribution < 1.29 is 0 Å². The molecule has 0 amide bonds. The van der Waals surface area contributed by atoms with Gasteiger partial charge in [-0.2, -0.15) is 5.26 Å². The maximum atomic E-state index is 10.0. The molecule has 1 saturated heterocycles. The Morgan fingerprint density at radius 3 is 2.34 bits per heavy atom. The Morgan fingerprint density at radius 2 is 1.88 bits per heavy atom. The smallest absolute Gasteiger partial charge is 0.105 e. The normalized spacial score (nSPS) is 18.6. The molecule has 0 saturated carbocycles. The van der Waals surface area contributed by atoms with Gasteiger partial charge in [-0.25, -0.2) is 0 Å². The summed E-state index contributed by atoms with van der Waals surface area (Å²) >= 11 is 1.72. The molecule has 32 heavy (non-hydrogen) atoms. The molecule has 0 aromatic carbocycles. The Labute approximate surface area is 200 Å². The molecule has 5 nitrogen and oxygen atoms in total. The third-order valence-corrected chi connectivity index (χ3v) is 8.01. The predicted octanol–water partition coefficient (Wildman–Crippen LogP) is 4.88. The summed E-state index contributed by atoms with van der Waals surface area (Å²) in [6.07, 6.45) is 4.91. The molecule has 0 N–H and O–H groups in total. The van der Waals surface area contributed by atoms with Crippen LogP contribution in [-0.4, -0.2) is 79.4 Å². The number of nitriles is 1. The van der Waals surface area contributed by atoms with Crippen LogP contribution in [-0.2, 0) is 5.41 Å². The Kier molecular flexibility index (Phi) is 11.1. The van der Waals surface area contributed by atoms with Crippen LogP contribution in [0.15, 0.2) is 35.2 Å². The van der Waals surface area contributed by atoms with Crippen molar-refractivity contribution in [1.29, 1.82) is 5.26 Å². The van der Waals surface area contributed by atoms with Crippen LogP contribution in [0.5, 0.6) is 0 Å². The standard InChI is InChI=1S/C26H43N5S/c1-7-10-25(28-6)31(23(4)5)19-18-30-16-14-29(15-17-30)13-9-12-26(21-27,22(2)3)24-11-8-20-32-24/h7-8,11,20,22-23,25H,1,6,9-10,12-19H2,2-5H3. The number of rotatable bonds is 14. The Morgan fingerprint density at radius 1 is 1.22 bits per heavy atom. The third kappa shape index (κ3) is 6.99. The number of hydrogen-bond acceptors (Lipinski definition) is 6. The fourth-order valence-electron chi connectivity index (χ4n) is 4.76. The van der Waals surface area contributed by atoms with E-state index in [1.54, 1.807) is 11.3 Å². The van der Waals surface area contributed by atoms with Crippen molar-refractivity contribution in [2.75, 3.05) is 45.8 Å². The first kappa shape index (κ1) is 26.7. The highest BCUT2D eigenvalue weighted by Gasteiger charge is 2.36. The van der Waals surface area contributed by atoms with Crippen molar-refractivity contribution in [3.63, 3.8) is 0 Å². The number of nitrogens with zero attached hydrogens (tertiary/aromatic N) is 5. The summed E-state index contributed by atoms with van der Waals surface area (Å²) in [5.74, 6) is 0.321. The van der Waals surface area contributed by atoms with Crippen molar-refractivity contribution in [3.05, 3.63) is 35.0 Å². The van der Waals surface area contributed by atoms with E-state index < -0.39 is 0 Å². The highest BCUT2D eigenvalue weighted by molar-refractivity contribution is 7.10. The van der Waals surface area contributed by atoms with E-state index in [1.807, 2.05) is 6.08 Å².